The number of hydrogen-bond acceptors (Lipinski definition) is 3. The van der Waals surface area contributed by atoms with E-state index in [0.717, 1.165) is 30.8 Å². The van der Waals surface area contributed by atoms with Gasteiger partial charge < -0.3 is 15.4 Å². The highest BCUT2D eigenvalue weighted by Gasteiger charge is 2.16. The van der Waals surface area contributed by atoms with Gasteiger partial charge in [-0.1, -0.05) is 6.07 Å². The minimum Gasteiger partial charge on any atom is -0.378 e. The second kappa shape index (κ2) is 5.47. The minimum atomic E-state index is -0.195. The van der Waals surface area contributed by atoms with E-state index in [0.29, 0.717) is 13.2 Å². The third-order valence-corrected chi connectivity index (χ3v) is 2.94. The van der Waals surface area contributed by atoms with E-state index < -0.39 is 0 Å². The lowest BCUT2D eigenvalue weighted by Crippen LogP contribution is -2.37. The summed E-state index contributed by atoms with van der Waals surface area (Å²) in [7, 11) is 0. The van der Waals surface area contributed by atoms with Crippen LogP contribution in [0.25, 0.3) is 0 Å². The fraction of sp³-hybridized carbons (Fsp3) is 0.538. The molecule has 3 nitrogen and oxygen atoms in total. The first-order valence-corrected chi connectivity index (χ1v) is 6.03. The topological polar surface area (TPSA) is 38.5 Å². The number of nitrogens with zero attached hydrogens (tertiary/aromatic N) is 1. The number of morpholine rings is 1. The van der Waals surface area contributed by atoms with Crippen molar-refractivity contribution >= 4 is 5.69 Å². The van der Waals surface area contributed by atoms with Gasteiger partial charge in [-0.3, -0.25) is 0 Å². The van der Waals surface area contributed by atoms with Crippen molar-refractivity contribution in [1.29, 1.82) is 0 Å². The first-order valence-electron chi connectivity index (χ1n) is 6.03. The summed E-state index contributed by atoms with van der Waals surface area (Å²) in [4.78, 5) is 2.17. The Bertz CT molecular complexity index is 376. The Kier molecular flexibility index (Phi) is 3.97. The molecule has 0 spiro atoms. The SMILES string of the molecule is CC(N)Cc1ccc(F)cc1N1CCOCC1. The van der Waals surface area contributed by atoms with Gasteiger partial charge in [0, 0.05) is 24.8 Å². The fourth-order valence-electron chi connectivity index (χ4n) is 2.16. The molecule has 1 saturated heterocycles. The summed E-state index contributed by atoms with van der Waals surface area (Å²) in [5.74, 6) is -0.195. The maximum absolute atomic E-state index is 13.4. The molecular weight excluding hydrogens is 219 g/mol. The van der Waals surface area contributed by atoms with Gasteiger partial charge in [0.15, 0.2) is 0 Å². The largest absolute Gasteiger partial charge is 0.378 e. The molecule has 0 aliphatic carbocycles. The van der Waals surface area contributed by atoms with Crippen molar-refractivity contribution in [2.45, 2.75) is 19.4 Å². The molecule has 1 heterocycles. The summed E-state index contributed by atoms with van der Waals surface area (Å²) in [6.07, 6.45) is 0.771. The van der Waals surface area contributed by atoms with Crippen LogP contribution in [0.3, 0.4) is 0 Å². The molecule has 2 rings (SSSR count). The van der Waals surface area contributed by atoms with E-state index in [1.165, 1.54) is 6.07 Å². The van der Waals surface area contributed by atoms with Crippen molar-refractivity contribution < 1.29 is 9.13 Å². The maximum atomic E-state index is 13.4. The van der Waals surface area contributed by atoms with E-state index in [-0.39, 0.29) is 11.9 Å². The molecule has 0 aromatic heterocycles. The number of nitrogens with two attached hydrogens (primary N) is 1. The molecule has 1 aromatic carbocycles. The average molecular weight is 238 g/mol. The van der Waals surface area contributed by atoms with Crippen LogP contribution in [0.15, 0.2) is 18.2 Å². The molecule has 1 aliphatic rings. The lowest BCUT2D eigenvalue weighted by atomic mass is 10.0. The Morgan fingerprint density at radius 2 is 2.12 bits per heavy atom. The van der Waals surface area contributed by atoms with Crippen LogP contribution < -0.4 is 10.6 Å². The third-order valence-electron chi connectivity index (χ3n) is 2.94. The van der Waals surface area contributed by atoms with Gasteiger partial charge in [-0.15, -0.1) is 0 Å². The second-order valence-electron chi connectivity index (χ2n) is 4.55. The van der Waals surface area contributed by atoms with E-state index in [1.54, 1.807) is 6.07 Å². The van der Waals surface area contributed by atoms with Crippen molar-refractivity contribution in [3.05, 3.63) is 29.6 Å². The summed E-state index contributed by atoms with van der Waals surface area (Å²) in [5.41, 5.74) is 7.90. The zero-order valence-corrected chi connectivity index (χ0v) is 10.2. The van der Waals surface area contributed by atoms with Crippen molar-refractivity contribution in [2.75, 3.05) is 31.2 Å². The molecule has 0 bridgehead atoms. The monoisotopic (exact) mass is 238 g/mol. The Morgan fingerprint density at radius 1 is 1.41 bits per heavy atom. The highest BCUT2D eigenvalue weighted by molar-refractivity contribution is 5.54. The Hall–Kier alpha value is -1.13. The number of hydrogen-bond donors (Lipinski definition) is 1. The third kappa shape index (κ3) is 3.17. The standard InChI is InChI=1S/C13H19FN2O/c1-10(15)8-11-2-3-12(14)9-13(11)16-4-6-17-7-5-16/h2-3,9-10H,4-8,15H2,1H3. The Balaban J connectivity index is 2.25. The Labute approximate surface area is 101 Å². The molecule has 1 aliphatic heterocycles. The highest BCUT2D eigenvalue weighted by atomic mass is 19.1. The van der Waals surface area contributed by atoms with Crippen LogP contribution in [0, 0.1) is 5.82 Å². The second-order valence-corrected chi connectivity index (χ2v) is 4.55. The first kappa shape index (κ1) is 12.3. The van der Waals surface area contributed by atoms with E-state index in [1.807, 2.05) is 13.0 Å². The average Bonchev–Trinajstić information content (AvgIpc) is 2.32. The summed E-state index contributed by atoms with van der Waals surface area (Å²) in [6.45, 7) is 5.00. The summed E-state index contributed by atoms with van der Waals surface area (Å²) >= 11 is 0. The molecule has 1 unspecified atom stereocenters. The van der Waals surface area contributed by atoms with Gasteiger partial charge >= 0.3 is 0 Å². The quantitative estimate of drug-likeness (QED) is 0.868. The fourth-order valence-corrected chi connectivity index (χ4v) is 2.16. The molecule has 0 amide bonds. The number of benzene rings is 1. The molecule has 94 valence electrons. The van der Waals surface area contributed by atoms with Crippen molar-refractivity contribution in [3.8, 4) is 0 Å². The van der Waals surface area contributed by atoms with Crippen LogP contribution in [0.1, 0.15) is 12.5 Å². The molecule has 2 N–H and O–H groups in total. The molecule has 1 atom stereocenters. The number of halogens is 1. The van der Waals surface area contributed by atoms with Crippen LogP contribution >= 0.6 is 0 Å². The van der Waals surface area contributed by atoms with Gasteiger partial charge in [0.1, 0.15) is 5.82 Å². The zero-order chi connectivity index (χ0) is 12.3. The van der Waals surface area contributed by atoms with Crippen molar-refractivity contribution in [2.24, 2.45) is 5.73 Å². The molecule has 17 heavy (non-hydrogen) atoms. The minimum absolute atomic E-state index is 0.0836. The summed E-state index contributed by atoms with van der Waals surface area (Å²) < 4.78 is 18.7. The molecule has 1 aromatic rings. The zero-order valence-electron chi connectivity index (χ0n) is 10.2. The predicted octanol–water partition coefficient (Wildman–Crippen LogP) is 1.55. The van der Waals surface area contributed by atoms with Crippen LogP contribution in [0.5, 0.6) is 0 Å². The van der Waals surface area contributed by atoms with Crippen molar-refractivity contribution in [3.63, 3.8) is 0 Å². The van der Waals surface area contributed by atoms with E-state index in [4.69, 9.17) is 10.5 Å². The lowest BCUT2D eigenvalue weighted by molar-refractivity contribution is 0.122. The molecule has 0 radical (unpaired) electrons. The number of anilines is 1. The summed E-state index contributed by atoms with van der Waals surface area (Å²) in [5, 5.41) is 0. The highest BCUT2D eigenvalue weighted by Crippen LogP contribution is 2.24. The van der Waals surface area contributed by atoms with Gasteiger partial charge in [-0.2, -0.15) is 0 Å². The summed E-state index contributed by atoms with van der Waals surface area (Å²) in [6, 6.07) is 5.02. The van der Waals surface area contributed by atoms with Crippen LogP contribution in [0.2, 0.25) is 0 Å². The smallest absolute Gasteiger partial charge is 0.125 e. The maximum Gasteiger partial charge on any atom is 0.125 e. The van der Waals surface area contributed by atoms with Gasteiger partial charge in [0.05, 0.1) is 13.2 Å². The van der Waals surface area contributed by atoms with Gasteiger partial charge in [0.2, 0.25) is 0 Å². The number of rotatable bonds is 3. The van der Waals surface area contributed by atoms with Gasteiger partial charge in [-0.25, -0.2) is 4.39 Å². The normalized spacial score (nSPS) is 18.2. The van der Waals surface area contributed by atoms with E-state index >= 15 is 0 Å². The molecule has 0 saturated carbocycles. The molecular formula is C13H19FN2O. The van der Waals surface area contributed by atoms with E-state index in [2.05, 4.69) is 4.90 Å². The Morgan fingerprint density at radius 3 is 2.76 bits per heavy atom. The van der Waals surface area contributed by atoms with Crippen molar-refractivity contribution in [1.82, 2.24) is 0 Å². The lowest BCUT2D eigenvalue weighted by Gasteiger charge is -2.31. The molecule has 4 heteroatoms. The first-order chi connectivity index (χ1) is 8.16. The molecule has 1 fully saturated rings. The van der Waals surface area contributed by atoms with Crippen LogP contribution in [-0.4, -0.2) is 32.3 Å². The van der Waals surface area contributed by atoms with Crippen LogP contribution in [-0.2, 0) is 11.2 Å². The van der Waals surface area contributed by atoms with E-state index in [9.17, 15) is 4.39 Å². The van der Waals surface area contributed by atoms with Gasteiger partial charge in [0.25, 0.3) is 0 Å². The van der Waals surface area contributed by atoms with Crippen LogP contribution in [0.4, 0.5) is 10.1 Å². The van der Waals surface area contributed by atoms with Gasteiger partial charge in [-0.05, 0) is 31.0 Å². The number of ether oxygens (including phenoxy) is 1. The predicted molar refractivity (Wildman–Crippen MR) is 66.8 cm³/mol.